The van der Waals surface area contributed by atoms with E-state index >= 15 is 0 Å². The van der Waals surface area contributed by atoms with E-state index in [1.807, 2.05) is 18.2 Å². The van der Waals surface area contributed by atoms with Crippen molar-refractivity contribution >= 4 is 0 Å². The van der Waals surface area contributed by atoms with Gasteiger partial charge < -0.3 is 9.64 Å². The van der Waals surface area contributed by atoms with Crippen LogP contribution in [0.3, 0.4) is 0 Å². The van der Waals surface area contributed by atoms with E-state index in [2.05, 4.69) is 29.1 Å². The maximum Gasteiger partial charge on any atom is 0.416 e. The summed E-state index contributed by atoms with van der Waals surface area (Å²) in [5.74, 6) is -0.460. The Bertz CT molecular complexity index is 1060. The van der Waals surface area contributed by atoms with Crippen LogP contribution in [0.5, 0.6) is 0 Å². The number of rotatable bonds is 6. The Morgan fingerprint density at radius 3 is 2.27 bits per heavy atom. The van der Waals surface area contributed by atoms with E-state index in [1.54, 1.807) is 0 Å². The zero-order valence-electron chi connectivity index (χ0n) is 18.4. The zero-order valence-corrected chi connectivity index (χ0v) is 18.4. The second-order valence-corrected chi connectivity index (χ2v) is 8.68. The molecule has 1 aromatic heterocycles. The lowest BCUT2D eigenvalue weighted by Gasteiger charge is -2.41. The number of benzene rings is 2. The van der Waals surface area contributed by atoms with Crippen LogP contribution in [0.25, 0.3) is 11.3 Å². The van der Waals surface area contributed by atoms with Crippen LogP contribution >= 0.6 is 0 Å². The van der Waals surface area contributed by atoms with Crippen molar-refractivity contribution in [1.29, 1.82) is 0 Å². The van der Waals surface area contributed by atoms with Gasteiger partial charge in [-0.05, 0) is 74.9 Å². The summed E-state index contributed by atoms with van der Waals surface area (Å²) in [6.07, 6.45) is -2.71. The molecule has 0 radical (unpaired) electrons. The molecule has 0 atom stereocenters. The predicted octanol–water partition coefficient (Wildman–Crippen LogP) is 6.09. The van der Waals surface area contributed by atoms with E-state index in [-0.39, 0.29) is 23.4 Å². The molecule has 2 aromatic carbocycles. The van der Waals surface area contributed by atoms with Crippen molar-refractivity contribution in [2.45, 2.75) is 31.0 Å². The first-order valence-electron chi connectivity index (χ1n) is 10.9. The fraction of sp³-hybridized carbons (Fsp3) is 0.346. The minimum absolute atomic E-state index is 0.0391. The van der Waals surface area contributed by atoms with Crippen molar-refractivity contribution in [3.63, 3.8) is 0 Å². The number of aromatic nitrogens is 1. The minimum Gasteiger partial charge on any atom is -0.374 e. The van der Waals surface area contributed by atoms with Gasteiger partial charge in [0, 0.05) is 11.0 Å². The second kappa shape index (κ2) is 9.61. The molecule has 0 amide bonds. The van der Waals surface area contributed by atoms with Crippen LogP contribution in [0.4, 0.5) is 17.6 Å². The molecule has 33 heavy (non-hydrogen) atoms. The highest BCUT2D eigenvalue weighted by Crippen LogP contribution is 2.36. The summed E-state index contributed by atoms with van der Waals surface area (Å²) < 4.78 is 59.9. The van der Waals surface area contributed by atoms with Crippen molar-refractivity contribution < 1.29 is 22.3 Å². The summed E-state index contributed by atoms with van der Waals surface area (Å²) in [5.41, 5.74) is 0.949. The zero-order chi connectivity index (χ0) is 23.5. The van der Waals surface area contributed by atoms with Gasteiger partial charge in [0.2, 0.25) is 0 Å². The van der Waals surface area contributed by atoms with E-state index < -0.39 is 17.6 Å². The van der Waals surface area contributed by atoms with Gasteiger partial charge in [-0.25, -0.2) is 4.39 Å². The molecule has 0 saturated carbocycles. The van der Waals surface area contributed by atoms with Crippen molar-refractivity contribution in [2.24, 2.45) is 0 Å². The molecule has 0 unspecified atom stereocenters. The Morgan fingerprint density at radius 2 is 1.64 bits per heavy atom. The van der Waals surface area contributed by atoms with Gasteiger partial charge in [-0.15, -0.1) is 0 Å². The third kappa shape index (κ3) is 5.60. The number of ether oxygens (including phenoxy) is 1. The predicted molar refractivity (Wildman–Crippen MR) is 119 cm³/mol. The Labute approximate surface area is 191 Å². The molecule has 1 fully saturated rings. The number of likely N-dealkylation sites (tertiary alicyclic amines) is 1. The number of hydrogen-bond acceptors (Lipinski definition) is 3. The van der Waals surface area contributed by atoms with Crippen molar-refractivity contribution in [3.8, 4) is 11.3 Å². The maximum atomic E-state index is 13.5. The van der Waals surface area contributed by atoms with E-state index in [9.17, 15) is 17.6 Å². The average Bonchev–Trinajstić information content (AvgIpc) is 2.81. The van der Waals surface area contributed by atoms with Crippen LogP contribution in [0.2, 0.25) is 0 Å². The number of alkyl halides is 3. The van der Waals surface area contributed by atoms with E-state index in [1.165, 1.54) is 29.8 Å². The SMILES string of the molecule is CN1CCC(COCc2cc(C(F)(F)F)cc(-c3ccc(F)cc3)n2)(c2ccccc2)CC1. The van der Waals surface area contributed by atoms with E-state index in [0.29, 0.717) is 12.2 Å². The third-order valence-corrected chi connectivity index (χ3v) is 6.30. The molecule has 2 heterocycles. The van der Waals surface area contributed by atoms with Crippen LogP contribution in [-0.4, -0.2) is 36.6 Å². The quantitative estimate of drug-likeness (QED) is 0.418. The fourth-order valence-electron chi connectivity index (χ4n) is 4.30. The van der Waals surface area contributed by atoms with Crippen LogP contribution in [-0.2, 0) is 22.9 Å². The smallest absolute Gasteiger partial charge is 0.374 e. The van der Waals surface area contributed by atoms with Crippen molar-refractivity contribution in [1.82, 2.24) is 9.88 Å². The molecule has 0 N–H and O–H groups in total. The molecule has 4 rings (SSSR count). The summed E-state index contributed by atoms with van der Waals surface area (Å²) in [4.78, 5) is 6.65. The fourth-order valence-corrected chi connectivity index (χ4v) is 4.30. The van der Waals surface area contributed by atoms with E-state index in [0.717, 1.165) is 38.1 Å². The average molecular weight is 458 g/mol. The molecule has 1 aliphatic rings. The lowest BCUT2D eigenvalue weighted by atomic mass is 9.73. The van der Waals surface area contributed by atoms with Crippen LogP contribution in [0, 0.1) is 5.82 Å². The van der Waals surface area contributed by atoms with Gasteiger partial charge in [0.25, 0.3) is 0 Å². The molecule has 7 heteroatoms. The molecule has 3 aromatic rings. The number of piperidine rings is 1. The van der Waals surface area contributed by atoms with Crippen molar-refractivity contribution in [2.75, 3.05) is 26.7 Å². The van der Waals surface area contributed by atoms with Gasteiger partial charge in [0.05, 0.1) is 30.2 Å². The second-order valence-electron chi connectivity index (χ2n) is 8.68. The Hall–Kier alpha value is -2.77. The highest BCUT2D eigenvalue weighted by molar-refractivity contribution is 5.60. The highest BCUT2D eigenvalue weighted by atomic mass is 19.4. The van der Waals surface area contributed by atoms with Crippen LogP contribution in [0.1, 0.15) is 29.7 Å². The molecule has 1 saturated heterocycles. The van der Waals surface area contributed by atoms with Gasteiger partial charge in [0.15, 0.2) is 0 Å². The summed E-state index contributed by atoms with van der Waals surface area (Å²) in [6.45, 7) is 2.21. The number of halogens is 4. The largest absolute Gasteiger partial charge is 0.416 e. The summed E-state index contributed by atoms with van der Waals surface area (Å²) in [7, 11) is 2.08. The summed E-state index contributed by atoms with van der Waals surface area (Å²) >= 11 is 0. The monoisotopic (exact) mass is 458 g/mol. The minimum atomic E-state index is -4.52. The van der Waals surface area contributed by atoms with Gasteiger partial charge in [-0.3, -0.25) is 4.98 Å². The summed E-state index contributed by atoms with van der Waals surface area (Å²) in [5, 5.41) is 0. The van der Waals surface area contributed by atoms with Crippen LogP contribution in [0.15, 0.2) is 66.7 Å². The lowest BCUT2D eigenvalue weighted by molar-refractivity contribution is -0.137. The number of pyridine rings is 1. The molecular weight excluding hydrogens is 432 g/mol. The van der Waals surface area contributed by atoms with Crippen molar-refractivity contribution in [3.05, 3.63) is 89.4 Å². The molecule has 3 nitrogen and oxygen atoms in total. The van der Waals surface area contributed by atoms with Crippen LogP contribution < -0.4 is 0 Å². The normalized spacial score (nSPS) is 16.6. The van der Waals surface area contributed by atoms with Gasteiger partial charge in [-0.2, -0.15) is 13.2 Å². The first-order chi connectivity index (χ1) is 15.7. The van der Waals surface area contributed by atoms with Gasteiger partial charge in [0.1, 0.15) is 5.82 Å². The molecule has 1 aliphatic heterocycles. The van der Waals surface area contributed by atoms with Gasteiger partial charge in [-0.1, -0.05) is 30.3 Å². The number of hydrogen-bond donors (Lipinski definition) is 0. The highest BCUT2D eigenvalue weighted by Gasteiger charge is 2.36. The van der Waals surface area contributed by atoms with Gasteiger partial charge >= 0.3 is 6.18 Å². The maximum absolute atomic E-state index is 13.5. The first kappa shape index (κ1) is 23.4. The molecule has 0 bridgehead atoms. The third-order valence-electron chi connectivity index (χ3n) is 6.30. The van der Waals surface area contributed by atoms with E-state index in [4.69, 9.17) is 4.74 Å². The Morgan fingerprint density at radius 1 is 0.970 bits per heavy atom. The standard InChI is InChI=1S/C26H26F4N2O/c1-32-13-11-25(12-14-32,20-5-3-2-4-6-20)18-33-17-23-15-21(26(28,29)30)16-24(31-23)19-7-9-22(27)10-8-19/h2-10,15-16H,11-14,17-18H2,1H3. The Kier molecular flexibility index (Phi) is 6.81. The molecule has 0 spiro atoms. The lowest BCUT2D eigenvalue weighted by Crippen LogP contribution is -2.43. The first-order valence-corrected chi connectivity index (χ1v) is 10.9. The molecular formula is C26H26F4N2O. The molecule has 0 aliphatic carbocycles. The number of nitrogens with zero attached hydrogens (tertiary/aromatic N) is 2. The summed E-state index contributed by atoms with van der Waals surface area (Å²) in [6, 6.07) is 17.4. The molecule has 174 valence electrons. The topological polar surface area (TPSA) is 25.4 Å². The Balaban J connectivity index is 1.56.